The molecule has 2 amide bonds. The molecule has 0 atom stereocenters. The Morgan fingerprint density at radius 3 is 2.53 bits per heavy atom. The number of anilines is 1. The molecular weight excluding hydrogens is 378 g/mol. The van der Waals surface area contributed by atoms with E-state index in [1.165, 1.54) is 0 Å². The third kappa shape index (κ3) is 4.40. The summed E-state index contributed by atoms with van der Waals surface area (Å²) in [5.41, 5.74) is 3.10. The van der Waals surface area contributed by atoms with E-state index in [4.69, 9.17) is 0 Å². The SMILES string of the molecule is CC(C)c1c(C(=O)NCc2ccc(NC(=O)C3CC3)cc2)cnn1-c1ccccn1. The van der Waals surface area contributed by atoms with E-state index in [1.54, 1.807) is 17.1 Å². The zero-order chi connectivity index (χ0) is 21.1. The molecule has 1 aliphatic carbocycles. The number of aromatic nitrogens is 3. The van der Waals surface area contributed by atoms with Gasteiger partial charge in [0, 0.05) is 24.3 Å². The van der Waals surface area contributed by atoms with E-state index >= 15 is 0 Å². The third-order valence-electron chi connectivity index (χ3n) is 5.09. The Kier molecular flexibility index (Phi) is 5.61. The quantitative estimate of drug-likeness (QED) is 0.630. The van der Waals surface area contributed by atoms with E-state index in [2.05, 4.69) is 20.7 Å². The van der Waals surface area contributed by atoms with Gasteiger partial charge in [0.15, 0.2) is 5.82 Å². The van der Waals surface area contributed by atoms with Gasteiger partial charge in [-0.3, -0.25) is 9.59 Å². The number of nitrogens with zero attached hydrogens (tertiary/aromatic N) is 3. The van der Waals surface area contributed by atoms with Crippen LogP contribution in [-0.4, -0.2) is 26.6 Å². The van der Waals surface area contributed by atoms with Crippen molar-refractivity contribution >= 4 is 17.5 Å². The van der Waals surface area contributed by atoms with Gasteiger partial charge < -0.3 is 10.6 Å². The van der Waals surface area contributed by atoms with E-state index in [0.717, 1.165) is 29.8 Å². The van der Waals surface area contributed by atoms with Crippen molar-refractivity contribution in [1.29, 1.82) is 0 Å². The molecule has 30 heavy (non-hydrogen) atoms. The second kappa shape index (κ2) is 8.49. The van der Waals surface area contributed by atoms with Gasteiger partial charge in [-0.2, -0.15) is 5.10 Å². The molecule has 2 N–H and O–H groups in total. The number of hydrogen-bond donors (Lipinski definition) is 2. The van der Waals surface area contributed by atoms with Crippen molar-refractivity contribution in [3.63, 3.8) is 0 Å². The number of nitrogens with one attached hydrogen (secondary N) is 2. The van der Waals surface area contributed by atoms with Gasteiger partial charge in [-0.1, -0.05) is 32.0 Å². The number of rotatable bonds is 7. The van der Waals surface area contributed by atoms with Gasteiger partial charge in [0.2, 0.25) is 5.91 Å². The van der Waals surface area contributed by atoms with Crippen molar-refractivity contribution in [2.75, 3.05) is 5.32 Å². The molecule has 7 nitrogen and oxygen atoms in total. The fourth-order valence-electron chi connectivity index (χ4n) is 3.32. The highest BCUT2D eigenvalue weighted by Gasteiger charge is 2.29. The average Bonchev–Trinajstić information content (AvgIpc) is 3.51. The van der Waals surface area contributed by atoms with Gasteiger partial charge in [-0.25, -0.2) is 9.67 Å². The average molecular weight is 403 g/mol. The molecule has 1 saturated carbocycles. The second-order valence-electron chi connectivity index (χ2n) is 7.84. The fraction of sp³-hybridized carbons (Fsp3) is 0.304. The molecule has 1 aliphatic rings. The molecule has 0 aliphatic heterocycles. The fourth-order valence-corrected chi connectivity index (χ4v) is 3.32. The number of carbonyl (C=O) groups is 2. The Bertz CT molecular complexity index is 1040. The van der Waals surface area contributed by atoms with Crippen LogP contribution >= 0.6 is 0 Å². The molecule has 0 saturated heterocycles. The molecule has 4 rings (SSSR count). The smallest absolute Gasteiger partial charge is 0.255 e. The summed E-state index contributed by atoms with van der Waals surface area (Å²) < 4.78 is 1.72. The van der Waals surface area contributed by atoms with Crippen molar-refractivity contribution < 1.29 is 9.59 Å². The summed E-state index contributed by atoms with van der Waals surface area (Å²) >= 11 is 0. The molecule has 0 spiro atoms. The number of carbonyl (C=O) groups excluding carboxylic acids is 2. The summed E-state index contributed by atoms with van der Waals surface area (Å²) in [6, 6.07) is 13.1. The Hall–Kier alpha value is -3.48. The van der Waals surface area contributed by atoms with Gasteiger partial charge in [0.1, 0.15) is 0 Å². The molecule has 2 heterocycles. The van der Waals surface area contributed by atoms with Crippen molar-refractivity contribution in [3.05, 3.63) is 71.7 Å². The first-order chi connectivity index (χ1) is 14.5. The highest BCUT2D eigenvalue weighted by Crippen LogP contribution is 2.30. The van der Waals surface area contributed by atoms with Crippen LogP contribution in [0, 0.1) is 5.92 Å². The highest BCUT2D eigenvalue weighted by molar-refractivity contribution is 5.95. The van der Waals surface area contributed by atoms with Crippen LogP contribution in [0.5, 0.6) is 0 Å². The maximum atomic E-state index is 12.8. The molecule has 0 radical (unpaired) electrons. The highest BCUT2D eigenvalue weighted by atomic mass is 16.2. The van der Waals surface area contributed by atoms with E-state index < -0.39 is 0 Å². The molecule has 0 unspecified atom stereocenters. The third-order valence-corrected chi connectivity index (χ3v) is 5.09. The number of amides is 2. The maximum Gasteiger partial charge on any atom is 0.255 e. The maximum absolute atomic E-state index is 12.8. The van der Waals surface area contributed by atoms with Crippen LogP contribution in [0.25, 0.3) is 5.82 Å². The number of benzene rings is 1. The van der Waals surface area contributed by atoms with Gasteiger partial charge >= 0.3 is 0 Å². The topological polar surface area (TPSA) is 88.9 Å². The molecule has 3 aromatic rings. The van der Waals surface area contributed by atoms with Crippen molar-refractivity contribution in [1.82, 2.24) is 20.1 Å². The van der Waals surface area contributed by atoms with E-state index in [9.17, 15) is 9.59 Å². The molecule has 7 heteroatoms. The molecule has 1 fully saturated rings. The first-order valence-electron chi connectivity index (χ1n) is 10.2. The molecule has 1 aromatic carbocycles. The normalized spacial score (nSPS) is 13.3. The van der Waals surface area contributed by atoms with Gasteiger partial charge in [-0.15, -0.1) is 0 Å². The van der Waals surface area contributed by atoms with Crippen LogP contribution in [0.2, 0.25) is 0 Å². The summed E-state index contributed by atoms with van der Waals surface area (Å²) in [7, 11) is 0. The Balaban J connectivity index is 1.43. The van der Waals surface area contributed by atoms with E-state index in [1.807, 2.05) is 56.3 Å². The van der Waals surface area contributed by atoms with Crippen LogP contribution in [0.15, 0.2) is 54.9 Å². The lowest BCUT2D eigenvalue weighted by Crippen LogP contribution is -2.24. The first-order valence-corrected chi connectivity index (χ1v) is 10.2. The number of hydrogen-bond acceptors (Lipinski definition) is 4. The van der Waals surface area contributed by atoms with E-state index in [-0.39, 0.29) is 23.7 Å². The lowest BCUT2D eigenvalue weighted by Gasteiger charge is -2.12. The minimum absolute atomic E-state index is 0.0854. The minimum atomic E-state index is -0.174. The Morgan fingerprint density at radius 2 is 1.90 bits per heavy atom. The lowest BCUT2D eigenvalue weighted by molar-refractivity contribution is -0.117. The van der Waals surface area contributed by atoms with Crippen LogP contribution < -0.4 is 10.6 Å². The zero-order valence-corrected chi connectivity index (χ0v) is 17.1. The van der Waals surface area contributed by atoms with Crippen LogP contribution in [0.4, 0.5) is 5.69 Å². The van der Waals surface area contributed by atoms with E-state index in [0.29, 0.717) is 17.9 Å². The summed E-state index contributed by atoms with van der Waals surface area (Å²) in [6.07, 6.45) is 5.25. The molecule has 2 aromatic heterocycles. The molecule has 0 bridgehead atoms. The Morgan fingerprint density at radius 1 is 1.13 bits per heavy atom. The predicted octanol–water partition coefficient (Wildman–Crippen LogP) is 3.67. The zero-order valence-electron chi connectivity index (χ0n) is 17.1. The summed E-state index contributed by atoms with van der Waals surface area (Å²) in [6.45, 7) is 4.45. The van der Waals surface area contributed by atoms with Crippen molar-refractivity contribution in [2.45, 2.75) is 39.2 Å². The predicted molar refractivity (Wildman–Crippen MR) is 114 cm³/mol. The largest absolute Gasteiger partial charge is 0.348 e. The standard InChI is InChI=1S/C23H25N5O2/c1-15(2)21-19(14-26-28(21)20-5-3-4-12-24-20)23(30)25-13-16-6-10-18(11-7-16)27-22(29)17-8-9-17/h3-7,10-12,14-15,17H,8-9,13H2,1-2H3,(H,25,30)(H,27,29). The van der Waals surface area contributed by atoms with Crippen LogP contribution in [0.3, 0.4) is 0 Å². The second-order valence-corrected chi connectivity index (χ2v) is 7.84. The van der Waals surface area contributed by atoms with Crippen molar-refractivity contribution in [3.8, 4) is 5.82 Å². The summed E-state index contributed by atoms with van der Waals surface area (Å²) in [4.78, 5) is 29.0. The van der Waals surface area contributed by atoms with Crippen LogP contribution in [-0.2, 0) is 11.3 Å². The monoisotopic (exact) mass is 403 g/mol. The minimum Gasteiger partial charge on any atom is -0.348 e. The Labute approximate surface area is 175 Å². The molecule has 154 valence electrons. The molecular formula is C23H25N5O2. The number of pyridine rings is 1. The van der Waals surface area contributed by atoms with Crippen LogP contribution in [0.1, 0.15) is 54.2 Å². The van der Waals surface area contributed by atoms with Gasteiger partial charge in [0.05, 0.1) is 17.5 Å². The van der Waals surface area contributed by atoms with Crippen molar-refractivity contribution in [2.24, 2.45) is 5.92 Å². The first kappa shape index (κ1) is 19.8. The summed E-state index contributed by atoms with van der Waals surface area (Å²) in [5.74, 6) is 0.869. The lowest BCUT2D eigenvalue weighted by atomic mass is 10.1. The summed E-state index contributed by atoms with van der Waals surface area (Å²) in [5, 5.41) is 10.3. The van der Waals surface area contributed by atoms with Gasteiger partial charge in [0.25, 0.3) is 5.91 Å². The van der Waals surface area contributed by atoms with Gasteiger partial charge in [-0.05, 0) is 48.6 Å².